The van der Waals surface area contributed by atoms with Crippen molar-refractivity contribution in [1.29, 1.82) is 0 Å². The summed E-state index contributed by atoms with van der Waals surface area (Å²) in [5.41, 5.74) is 5.91. The van der Waals surface area contributed by atoms with Crippen LogP contribution in [0.4, 0.5) is 10.1 Å². The van der Waals surface area contributed by atoms with Crippen molar-refractivity contribution in [2.24, 2.45) is 0 Å². The van der Waals surface area contributed by atoms with Gasteiger partial charge >= 0.3 is 0 Å². The van der Waals surface area contributed by atoms with Crippen molar-refractivity contribution in [2.45, 2.75) is 0 Å². The maximum Gasteiger partial charge on any atom is 0.159 e. The van der Waals surface area contributed by atoms with Gasteiger partial charge in [0.2, 0.25) is 0 Å². The Hall–Kier alpha value is -4.53. The zero-order chi connectivity index (χ0) is 22.5. The molecule has 9 heteroatoms. The number of nitrogens with one attached hydrogen (secondary N) is 2. The molecular weight excluding hydrogens is 421 g/mol. The molecule has 1 aromatic carbocycles. The molecule has 0 atom stereocenters. The molecule has 0 radical (unpaired) electrons. The average molecular weight is 439 g/mol. The van der Waals surface area contributed by atoms with Gasteiger partial charge in [0.25, 0.3) is 0 Å². The number of hydrogen-bond donors (Lipinski definition) is 2. The SMILES string of the molecule is CN(C)c1cncc(-c2ccc3[nH]nc(-c4nc5c(-c6ccoc6)nccc5[nH]4)c3c2F)c1. The molecule has 6 aromatic rings. The topological polar surface area (TPSA) is 99.5 Å². The van der Waals surface area contributed by atoms with Crippen LogP contribution in [0.5, 0.6) is 0 Å². The lowest BCUT2D eigenvalue weighted by Crippen LogP contribution is -2.08. The Balaban J connectivity index is 1.53. The lowest BCUT2D eigenvalue weighted by atomic mass is 10.0. The third-order valence-electron chi connectivity index (χ3n) is 5.64. The largest absolute Gasteiger partial charge is 0.472 e. The van der Waals surface area contributed by atoms with Crippen molar-refractivity contribution in [3.8, 4) is 33.9 Å². The summed E-state index contributed by atoms with van der Waals surface area (Å²) in [4.78, 5) is 18.6. The number of aromatic amines is 2. The molecule has 0 spiro atoms. The Morgan fingerprint density at radius 2 is 1.91 bits per heavy atom. The van der Waals surface area contributed by atoms with Gasteiger partial charge in [-0.25, -0.2) is 9.37 Å². The van der Waals surface area contributed by atoms with E-state index in [4.69, 9.17) is 9.40 Å². The molecule has 0 saturated carbocycles. The number of fused-ring (bicyclic) bond motifs is 2. The number of imidazole rings is 1. The summed E-state index contributed by atoms with van der Waals surface area (Å²) in [6, 6.07) is 9.09. The maximum atomic E-state index is 15.9. The summed E-state index contributed by atoms with van der Waals surface area (Å²) < 4.78 is 21.1. The van der Waals surface area contributed by atoms with Gasteiger partial charge in [-0.15, -0.1) is 0 Å². The monoisotopic (exact) mass is 439 g/mol. The first-order chi connectivity index (χ1) is 16.1. The van der Waals surface area contributed by atoms with E-state index >= 15 is 4.39 Å². The van der Waals surface area contributed by atoms with Crippen molar-refractivity contribution in [2.75, 3.05) is 19.0 Å². The first-order valence-corrected chi connectivity index (χ1v) is 10.3. The highest BCUT2D eigenvalue weighted by atomic mass is 19.1. The van der Waals surface area contributed by atoms with Crippen LogP contribution in [0.1, 0.15) is 0 Å². The van der Waals surface area contributed by atoms with Crippen LogP contribution in [0.3, 0.4) is 0 Å². The number of rotatable bonds is 4. The van der Waals surface area contributed by atoms with Gasteiger partial charge in [0.15, 0.2) is 5.82 Å². The van der Waals surface area contributed by atoms with Crippen LogP contribution < -0.4 is 4.90 Å². The number of benzene rings is 1. The van der Waals surface area contributed by atoms with Gasteiger partial charge in [-0.05, 0) is 30.3 Å². The van der Waals surface area contributed by atoms with E-state index in [1.54, 1.807) is 37.2 Å². The molecule has 162 valence electrons. The van der Waals surface area contributed by atoms with E-state index in [0.717, 1.165) is 16.8 Å². The normalized spacial score (nSPS) is 11.5. The molecule has 0 aliphatic rings. The Morgan fingerprint density at radius 3 is 2.73 bits per heavy atom. The summed E-state index contributed by atoms with van der Waals surface area (Å²) in [7, 11) is 3.84. The minimum absolute atomic E-state index is 0.361. The summed E-state index contributed by atoms with van der Waals surface area (Å²) in [5, 5.41) is 7.65. The fourth-order valence-electron chi connectivity index (χ4n) is 3.94. The number of pyridine rings is 2. The molecule has 0 unspecified atom stereocenters. The van der Waals surface area contributed by atoms with Gasteiger partial charge in [-0.1, -0.05) is 0 Å². The van der Waals surface area contributed by atoms with E-state index in [-0.39, 0.29) is 5.82 Å². The van der Waals surface area contributed by atoms with Crippen molar-refractivity contribution < 1.29 is 8.81 Å². The molecular formula is C24H18FN7O. The smallest absolute Gasteiger partial charge is 0.159 e. The Bertz CT molecular complexity index is 1620. The first-order valence-electron chi connectivity index (χ1n) is 10.3. The molecule has 0 saturated heterocycles. The second kappa shape index (κ2) is 7.27. The van der Waals surface area contributed by atoms with Gasteiger partial charge in [0.1, 0.15) is 22.7 Å². The number of anilines is 1. The Morgan fingerprint density at radius 1 is 1.00 bits per heavy atom. The summed E-state index contributed by atoms with van der Waals surface area (Å²) in [5.74, 6) is 0.0628. The van der Waals surface area contributed by atoms with Gasteiger partial charge in [-0.3, -0.25) is 15.1 Å². The van der Waals surface area contributed by atoms with Crippen LogP contribution in [0.2, 0.25) is 0 Å². The van der Waals surface area contributed by atoms with Crippen LogP contribution in [0, 0.1) is 5.82 Å². The van der Waals surface area contributed by atoms with Crippen LogP contribution in [-0.2, 0) is 0 Å². The Labute approximate surface area is 187 Å². The highest BCUT2D eigenvalue weighted by Crippen LogP contribution is 2.35. The molecule has 5 aromatic heterocycles. The summed E-state index contributed by atoms with van der Waals surface area (Å²) >= 11 is 0. The molecule has 0 bridgehead atoms. The van der Waals surface area contributed by atoms with Crippen molar-refractivity contribution in [1.82, 2.24) is 30.1 Å². The van der Waals surface area contributed by atoms with Crippen LogP contribution >= 0.6 is 0 Å². The fourth-order valence-corrected chi connectivity index (χ4v) is 3.94. The molecule has 0 amide bonds. The molecule has 2 N–H and O–H groups in total. The zero-order valence-corrected chi connectivity index (χ0v) is 17.8. The van der Waals surface area contributed by atoms with E-state index in [1.165, 1.54) is 0 Å². The van der Waals surface area contributed by atoms with E-state index in [0.29, 0.717) is 44.8 Å². The first kappa shape index (κ1) is 19.2. The summed E-state index contributed by atoms with van der Waals surface area (Å²) in [6.07, 6.45) is 8.28. The molecule has 5 heterocycles. The Kier molecular flexibility index (Phi) is 4.22. The molecule has 0 aliphatic heterocycles. The predicted octanol–water partition coefficient (Wildman–Crippen LogP) is 5.03. The number of aromatic nitrogens is 6. The highest BCUT2D eigenvalue weighted by Gasteiger charge is 2.21. The quantitative estimate of drug-likeness (QED) is 0.400. The van der Waals surface area contributed by atoms with Crippen LogP contribution in [0.25, 0.3) is 55.8 Å². The number of H-pyrrole nitrogens is 2. The number of nitrogens with zero attached hydrogens (tertiary/aromatic N) is 5. The molecule has 6 rings (SSSR count). The van der Waals surface area contributed by atoms with Crippen LogP contribution in [-0.4, -0.2) is 44.2 Å². The standard InChI is InChI=1S/C24H18FN7O/c1-32(2)15-9-14(10-26-11-15)16-3-4-17-19(20(16)25)23(31-30-17)24-28-18-5-7-27-21(22(18)29-24)13-6-8-33-12-13/h3-12H,1-2H3,(H,28,29)(H,30,31). The van der Waals surface area contributed by atoms with Crippen molar-refractivity contribution in [3.05, 3.63) is 67.3 Å². The van der Waals surface area contributed by atoms with E-state index in [9.17, 15) is 0 Å². The van der Waals surface area contributed by atoms with E-state index in [1.807, 2.05) is 43.3 Å². The highest BCUT2D eigenvalue weighted by molar-refractivity contribution is 5.98. The van der Waals surface area contributed by atoms with Crippen molar-refractivity contribution in [3.63, 3.8) is 0 Å². The third-order valence-corrected chi connectivity index (χ3v) is 5.64. The molecule has 0 aliphatic carbocycles. The molecule has 0 fully saturated rings. The zero-order valence-electron chi connectivity index (χ0n) is 17.8. The molecule has 8 nitrogen and oxygen atoms in total. The number of furan rings is 1. The minimum atomic E-state index is -0.386. The van der Waals surface area contributed by atoms with Gasteiger partial charge in [0.05, 0.1) is 40.8 Å². The second-order valence-corrected chi connectivity index (χ2v) is 7.90. The predicted molar refractivity (Wildman–Crippen MR) is 124 cm³/mol. The minimum Gasteiger partial charge on any atom is -0.472 e. The summed E-state index contributed by atoms with van der Waals surface area (Å²) in [6.45, 7) is 0. The van der Waals surface area contributed by atoms with Crippen LogP contribution in [0.15, 0.2) is 65.9 Å². The van der Waals surface area contributed by atoms with Gasteiger partial charge < -0.3 is 14.3 Å². The van der Waals surface area contributed by atoms with Gasteiger partial charge in [0, 0.05) is 43.2 Å². The van der Waals surface area contributed by atoms with E-state index in [2.05, 4.69) is 25.1 Å². The van der Waals surface area contributed by atoms with Crippen molar-refractivity contribution >= 4 is 27.6 Å². The second-order valence-electron chi connectivity index (χ2n) is 7.90. The van der Waals surface area contributed by atoms with E-state index < -0.39 is 0 Å². The average Bonchev–Trinajstić information content (AvgIpc) is 3.58. The van der Waals surface area contributed by atoms with Gasteiger partial charge in [-0.2, -0.15) is 5.10 Å². The maximum absolute atomic E-state index is 15.9. The number of halogens is 1. The lowest BCUT2D eigenvalue weighted by molar-refractivity contribution is 0.568. The number of hydrogen-bond acceptors (Lipinski definition) is 6. The fraction of sp³-hybridized carbons (Fsp3) is 0.0833. The third kappa shape index (κ3) is 3.05. The molecule has 33 heavy (non-hydrogen) atoms. The lowest BCUT2D eigenvalue weighted by Gasteiger charge is -2.13.